The molecule has 8 nitrogen and oxygen atoms in total. The highest BCUT2D eigenvalue weighted by atomic mass is 35.5. The molecule has 0 unspecified atom stereocenters. The van der Waals surface area contributed by atoms with Crippen LogP contribution in [0, 0.1) is 5.82 Å². The maximum Gasteiger partial charge on any atom is 0.253 e. The molecule has 4 aromatic rings. The molecule has 6 rings (SSSR count). The van der Waals surface area contributed by atoms with Gasteiger partial charge in [-0.05, 0) is 75.5 Å². The molecule has 3 heterocycles. The largest absolute Gasteiger partial charge is 0.496 e. The molecule has 0 aliphatic carbocycles. The minimum absolute atomic E-state index is 0. The second kappa shape index (κ2) is 13.1. The molecule has 1 N–H and O–H groups in total. The fourth-order valence-corrected chi connectivity index (χ4v) is 5.87. The average molecular weight is 615 g/mol. The molecule has 2 aliphatic rings. The van der Waals surface area contributed by atoms with Gasteiger partial charge in [-0.3, -0.25) is 9.79 Å². The van der Waals surface area contributed by atoms with Crippen LogP contribution < -0.4 is 10.1 Å². The predicted molar refractivity (Wildman–Crippen MR) is 174 cm³/mol. The topological polar surface area (TPSA) is 83.0 Å². The zero-order valence-corrected chi connectivity index (χ0v) is 25.0. The molecule has 44 heavy (non-hydrogen) atoms. The van der Waals surface area contributed by atoms with E-state index in [1.54, 1.807) is 30.5 Å². The van der Waals surface area contributed by atoms with E-state index in [0.29, 0.717) is 45.3 Å². The zero-order chi connectivity index (χ0) is 30.1. The van der Waals surface area contributed by atoms with Crippen molar-refractivity contribution in [3.63, 3.8) is 0 Å². The van der Waals surface area contributed by atoms with Crippen LogP contribution in [-0.2, 0) is 6.54 Å². The van der Waals surface area contributed by atoms with Crippen LogP contribution in [0.1, 0.15) is 47.3 Å². The summed E-state index contributed by atoms with van der Waals surface area (Å²) in [6, 6.07) is 18.0. The highest BCUT2D eigenvalue weighted by molar-refractivity contribution is 6.31. The van der Waals surface area contributed by atoms with Crippen molar-refractivity contribution in [1.29, 1.82) is 0 Å². The number of piperidine rings is 1. The van der Waals surface area contributed by atoms with Crippen molar-refractivity contribution < 1.29 is 13.9 Å². The number of nitrogens with one attached hydrogen (secondary N) is 1. The lowest BCUT2D eigenvalue weighted by molar-refractivity contribution is 0.0663. The molecule has 0 bridgehead atoms. The third kappa shape index (κ3) is 6.16. The SMILES string of the molecule is C.COc1cccc(F)c1C1=NCc2cnc(Nc3ccc(C(=O)N4CCC(N(C)C)CC4)cc3)nc2-c2ccc(Cl)cc21. The smallest absolute Gasteiger partial charge is 0.253 e. The van der Waals surface area contributed by atoms with E-state index in [4.69, 9.17) is 26.3 Å². The molecule has 0 radical (unpaired) electrons. The van der Waals surface area contributed by atoms with Crippen molar-refractivity contribution >= 4 is 34.9 Å². The lowest BCUT2D eigenvalue weighted by atomic mass is 9.94. The highest BCUT2D eigenvalue weighted by Crippen LogP contribution is 2.36. The number of carbonyl (C=O) groups excluding carboxylic acids is 1. The molecule has 2 aliphatic heterocycles. The summed E-state index contributed by atoms with van der Waals surface area (Å²) in [7, 11) is 5.68. The molecule has 228 valence electrons. The number of amides is 1. The molecule has 1 aromatic heterocycles. The summed E-state index contributed by atoms with van der Waals surface area (Å²) in [6.45, 7) is 1.76. The Balaban J connectivity index is 0.00000384. The third-order valence-electron chi connectivity index (χ3n) is 8.07. The minimum Gasteiger partial charge on any atom is -0.496 e. The van der Waals surface area contributed by atoms with Crippen LogP contribution in [0.3, 0.4) is 0 Å². The summed E-state index contributed by atoms with van der Waals surface area (Å²) < 4.78 is 20.6. The number of hydrogen-bond acceptors (Lipinski definition) is 7. The number of halogens is 2. The first-order valence-electron chi connectivity index (χ1n) is 14.2. The standard InChI is InChI=1S/C33H32ClFN6O2.CH4/c1-40(2)24-13-15-41(16-14-24)32(42)20-7-10-23(11-8-20)38-33-37-19-21-18-36-31(29-27(35)5-4-6-28(29)43-3)26-17-22(34)9-12-25(26)30(21)39-33;/h4-12,17,19,24H,13-16,18H2,1-3H3,(H,37,38,39);1H4. The second-order valence-electron chi connectivity index (χ2n) is 10.9. The monoisotopic (exact) mass is 614 g/mol. The zero-order valence-electron chi connectivity index (χ0n) is 24.3. The lowest BCUT2D eigenvalue weighted by Gasteiger charge is -2.35. The van der Waals surface area contributed by atoms with E-state index < -0.39 is 5.82 Å². The van der Waals surface area contributed by atoms with Gasteiger partial charge in [0.15, 0.2) is 0 Å². The Morgan fingerprint density at radius 1 is 1.07 bits per heavy atom. The Hall–Kier alpha value is -4.34. The van der Waals surface area contributed by atoms with E-state index in [0.717, 1.165) is 42.7 Å². The number of methoxy groups -OCH3 is 1. The number of hydrogen-bond donors (Lipinski definition) is 1. The van der Waals surface area contributed by atoms with Crippen LogP contribution in [0.5, 0.6) is 5.75 Å². The van der Waals surface area contributed by atoms with Gasteiger partial charge in [0.05, 0.1) is 30.6 Å². The van der Waals surface area contributed by atoms with Crippen molar-refractivity contribution in [2.45, 2.75) is 32.9 Å². The molecular weight excluding hydrogens is 579 g/mol. The molecular formula is C34H36ClFN6O2. The first-order valence-corrected chi connectivity index (χ1v) is 14.6. The minimum atomic E-state index is -0.441. The van der Waals surface area contributed by atoms with Gasteiger partial charge in [-0.2, -0.15) is 0 Å². The number of fused-ring (bicyclic) bond motifs is 3. The van der Waals surface area contributed by atoms with Gasteiger partial charge in [-0.15, -0.1) is 0 Å². The van der Waals surface area contributed by atoms with Crippen molar-refractivity contribution in [1.82, 2.24) is 19.8 Å². The lowest BCUT2D eigenvalue weighted by Crippen LogP contribution is -2.44. The van der Waals surface area contributed by atoms with Crippen LogP contribution in [0.4, 0.5) is 16.0 Å². The molecule has 1 fully saturated rings. The van der Waals surface area contributed by atoms with E-state index in [9.17, 15) is 4.79 Å². The normalized spacial score (nSPS) is 14.6. The summed E-state index contributed by atoms with van der Waals surface area (Å²) in [5.74, 6) is 0.367. The number of aromatic nitrogens is 2. The molecule has 10 heteroatoms. The summed E-state index contributed by atoms with van der Waals surface area (Å²) in [5, 5.41) is 3.75. The third-order valence-corrected chi connectivity index (χ3v) is 8.30. The Kier molecular flexibility index (Phi) is 9.27. The van der Waals surface area contributed by atoms with Gasteiger partial charge in [-0.25, -0.2) is 14.4 Å². The Labute approximate surface area is 262 Å². The van der Waals surface area contributed by atoms with Crippen LogP contribution in [0.2, 0.25) is 5.02 Å². The highest BCUT2D eigenvalue weighted by Gasteiger charge is 2.26. The molecule has 0 saturated carbocycles. The van der Waals surface area contributed by atoms with Crippen LogP contribution >= 0.6 is 11.6 Å². The fourth-order valence-electron chi connectivity index (χ4n) is 5.70. The number of ether oxygens (including phenoxy) is 1. The van der Waals surface area contributed by atoms with Crippen LogP contribution in [-0.4, -0.2) is 71.7 Å². The molecule has 1 saturated heterocycles. The van der Waals surface area contributed by atoms with Gasteiger partial charge in [0.2, 0.25) is 5.95 Å². The Bertz CT molecular complexity index is 1700. The quantitative estimate of drug-likeness (QED) is 0.256. The Morgan fingerprint density at radius 2 is 1.82 bits per heavy atom. The van der Waals surface area contributed by atoms with Crippen molar-refractivity contribution in [2.75, 3.05) is 39.6 Å². The maximum atomic E-state index is 15.2. The number of nitrogens with zero attached hydrogens (tertiary/aromatic N) is 5. The number of benzene rings is 3. The van der Waals surface area contributed by atoms with Crippen molar-refractivity contribution in [2.24, 2.45) is 4.99 Å². The number of anilines is 2. The van der Waals surface area contributed by atoms with Crippen LogP contribution in [0.25, 0.3) is 11.3 Å². The number of rotatable bonds is 6. The van der Waals surface area contributed by atoms with E-state index >= 15 is 4.39 Å². The maximum absolute atomic E-state index is 15.2. The second-order valence-corrected chi connectivity index (χ2v) is 11.4. The number of likely N-dealkylation sites (tertiary alicyclic amines) is 1. The summed E-state index contributed by atoms with van der Waals surface area (Å²) in [5.41, 5.74) is 4.97. The molecule has 0 atom stereocenters. The summed E-state index contributed by atoms with van der Waals surface area (Å²) in [4.78, 5) is 31.4. The van der Waals surface area contributed by atoms with Gasteiger partial charge < -0.3 is 19.9 Å². The number of aliphatic imine (C=N–C) groups is 1. The van der Waals surface area contributed by atoms with E-state index in [1.165, 1.54) is 13.2 Å². The van der Waals surface area contributed by atoms with Crippen molar-refractivity contribution in [3.8, 4) is 17.0 Å². The molecule has 0 spiro atoms. The van der Waals surface area contributed by atoms with E-state index in [-0.39, 0.29) is 25.4 Å². The summed E-state index contributed by atoms with van der Waals surface area (Å²) >= 11 is 6.41. The van der Waals surface area contributed by atoms with Crippen molar-refractivity contribution in [3.05, 3.63) is 100.0 Å². The average Bonchev–Trinajstić information content (AvgIpc) is 3.17. The Morgan fingerprint density at radius 3 is 2.52 bits per heavy atom. The summed E-state index contributed by atoms with van der Waals surface area (Å²) in [6.07, 6.45) is 3.68. The van der Waals surface area contributed by atoms with E-state index in [1.807, 2.05) is 35.2 Å². The van der Waals surface area contributed by atoms with Gasteiger partial charge >= 0.3 is 0 Å². The first kappa shape index (κ1) is 31.1. The van der Waals surface area contributed by atoms with Gasteiger partial charge in [-0.1, -0.05) is 31.2 Å². The van der Waals surface area contributed by atoms with Gasteiger partial charge in [0.1, 0.15) is 11.6 Å². The first-order chi connectivity index (χ1) is 20.8. The van der Waals surface area contributed by atoms with E-state index in [2.05, 4.69) is 29.3 Å². The fraction of sp³-hybridized carbons (Fsp3) is 0.294. The predicted octanol–water partition coefficient (Wildman–Crippen LogP) is 6.84. The molecule has 1 amide bonds. The van der Waals surface area contributed by atoms with Gasteiger partial charge in [0.25, 0.3) is 5.91 Å². The van der Waals surface area contributed by atoms with Gasteiger partial charge in [0, 0.05) is 58.3 Å². The van der Waals surface area contributed by atoms with Crippen LogP contribution in [0.15, 0.2) is 71.9 Å². The molecule has 3 aromatic carbocycles. The number of carbonyl (C=O) groups is 1.